The van der Waals surface area contributed by atoms with E-state index in [0.29, 0.717) is 6.42 Å². The maximum absolute atomic E-state index is 8.80. The largest absolute Gasteiger partial charge is 0.508 e. The topological polar surface area (TPSA) is 20.2 Å². The Morgan fingerprint density at radius 1 is 1.56 bits per heavy atom. The van der Waals surface area contributed by atoms with E-state index in [0.717, 1.165) is 0 Å². The number of aliphatic hydroxyl groups is 1. The molecule has 0 aromatic rings. The summed E-state index contributed by atoms with van der Waals surface area (Å²) in [6.45, 7) is 0. The molecule has 50 valence electrons. The molecule has 3 heteroatoms. The lowest BCUT2D eigenvalue weighted by atomic mass is 10.1. The van der Waals surface area contributed by atoms with E-state index in [1.807, 2.05) is 0 Å². The van der Waals surface area contributed by atoms with Crippen molar-refractivity contribution in [2.75, 3.05) is 0 Å². The summed E-state index contributed by atoms with van der Waals surface area (Å²) >= 11 is 11.3. The zero-order valence-corrected chi connectivity index (χ0v) is 6.15. The van der Waals surface area contributed by atoms with Gasteiger partial charge in [0.25, 0.3) is 0 Å². The Morgan fingerprint density at radius 3 is 2.56 bits per heavy atom. The van der Waals surface area contributed by atoms with Crippen LogP contribution in [0.2, 0.25) is 0 Å². The highest BCUT2D eigenvalue weighted by molar-refractivity contribution is 6.50. The maximum Gasteiger partial charge on any atom is 0.140 e. The van der Waals surface area contributed by atoms with Gasteiger partial charge in [-0.15, -0.1) is 0 Å². The highest BCUT2D eigenvalue weighted by Gasteiger charge is 2.20. The van der Waals surface area contributed by atoms with Crippen molar-refractivity contribution in [1.82, 2.24) is 0 Å². The normalized spacial score (nSPS) is 23.6. The molecule has 0 spiro atoms. The molecule has 1 aliphatic rings. The van der Waals surface area contributed by atoms with Gasteiger partial charge in [0.05, 0.1) is 0 Å². The second kappa shape index (κ2) is 2.24. The van der Waals surface area contributed by atoms with Gasteiger partial charge in [0, 0.05) is 6.42 Å². The zero-order valence-electron chi connectivity index (χ0n) is 4.64. The fourth-order valence-electron chi connectivity index (χ4n) is 0.584. The smallest absolute Gasteiger partial charge is 0.140 e. The molecule has 1 rings (SSSR count). The van der Waals surface area contributed by atoms with Crippen LogP contribution in [-0.2, 0) is 0 Å². The number of hydrogen-bond donors (Lipinski definition) is 1. The fraction of sp³-hybridized carbons (Fsp3) is 0.333. The lowest BCUT2D eigenvalue weighted by Gasteiger charge is -2.14. The van der Waals surface area contributed by atoms with E-state index >= 15 is 0 Å². The first-order chi connectivity index (χ1) is 4.10. The average Bonchev–Trinajstić information content (AvgIpc) is 1.78. The Kier molecular flexibility index (Phi) is 1.73. The van der Waals surface area contributed by atoms with Gasteiger partial charge in [-0.1, -0.05) is 23.2 Å². The molecule has 0 fully saturated rings. The van der Waals surface area contributed by atoms with Crippen LogP contribution in [0.15, 0.2) is 24.0 Å². The molecule has 0 aromatic heterocycles. The monoisotopic (exact) mass is 164 g/mol. The number of allylic oxidation sites excluding steroid dienone is 3. The van der Waals surface area contributed by atoms with Crippen LogP contribution in [0.4, 0.5) is 0 Å². The lowest BCUT2D eigenvalue weighted by Crippen LogP contribution is -2.09. The standard InChI is InChI=1S/C6H6Cl2O/c7-6(8)3-1-5(9)2-4-6/h1-3,9H,4H2. The first-order valence-corrected chi connectivity index (χ1v) is 3.32. The summed E-state index contributed by atoms with van der Waals surface area (Å²) in [5.41, 5.74) is 0. The van der Waals surface area contributed by atoms with Crippen molar-refractivity contribution in [3.63, 3.8) is 0 Å². The Labute approximate surface area is 63.6 Å². The maximum atomic E-state index is 8.80. The van der Waals surface area contributed by atoms with E-state index in [9.17, 15) is 0 Å². The van der Waals surface area contributed by atoms with E-state index in [4.69, 9.17) is 28.3 Å². The van der Waals surface area contributed by atoms with Crippen LogP contribution in [0.25, 0.3) is 0 Å². The van der Waals surface area contributed by atoms with Crippen molar-refractivity contribution in [3.8, 4) is 0 Å². The summed E-state index contributed by atoms with van der Waals surface area (Å²) in [5, 5.41) is 8.80. The van der Waals surface area contributed by atoms with Crippen LogP contribution in [0, 0.1) is 0 Å². The van der Waals surface area contributed by atoms with Crippen LogP contribution >= 0.6 is 23.2 Å². The molecule has 0 aliphatic heterocycles. The van der Waals surface area contributed by atoms with Gasteiger partial charge < -0.3 is 5.11 Å². The average molecular weight is 165 g/mol. The number of hydrogen-bond acceptors (Lipinski definition) is 1. The molecule has 0 heterocycles. The minimum absolute atomic E-state index is 0.229. The molecule has 1 nitrogen and oxygen atoms in total. The summed E-state index contributed by atoms with van der Waals surface area (Å²) in [5.74, 6) is 0.229. The van der Waals surface area contributed by atoms with Gasteiger partial charge in [-0.05, 0) is 18.2 Å². The quantitative estimate of drug-likeness (QED) is 0.547. The summed E-state index contributed by atoms with van der Waals surface area (Å²) < 4.78 is -0.813. The van der Waals surface area contributed by atoms with Crippen LogP contribution in [-0.4, -0.2) is 9.44 Å². The molecule has 1 N–H and O–H groups in total. The van der Waals surface area contributed by atoms with Gasteiger partial charge >= 0.3 is 0 Å². The number of alkyl halides is 2. The van der Waals surface area contributed by atoms with E-state index in [2.05, 4.69) is 0 Å². The van der Waals surface area contributed by atoms with E-state index in [-0.39, 0.29) is 5.76 Å². The van der Waals surface area contributed by atoms with Crippen molar-refractivity contribution in [3.05, 3.63) is 24.0 Å². The van der Waals surface area contributed by atoms with Crippen molar-refractivity contribution in [2.45, 2.75) is 10.8 Å². The van der Waals surface area contributed by atoms with Crippen LogP contribution in [0.5, 0.6) is 0 Å². The first kappa shape index (κ1) is 6.97. The molecule has 0 amide bonds. The first-order valence-electron chi connectivity index (χ1n) is 2.56. The molecular weight excluding hydrogens is 159 g/mol. The van der Waals surface area contributed by atoms with E-state index in [1.54, 1.807) is 12.2 Å². The molecule has 1 aliphatic carbocycles. The summed E-state index contributed by atoms with van der Waals surface area (Å²) in [4.78, 5) is 0. The summed E-state index contributed by atoms with van der Waals surface area (Å²) in [7, 11) is 0. The Bertz CT molecular complexity index is 170. The second-order valence-electron chi connectivity index (χ2n) is 1.93. The third-order valence-electron chi connectivity index (χ3n) is 1.08. The van der Waals surface area contributed by atoms with E-state index < -0.39 is 4.33 Å². The number of aliphatic hydroxyl groups excluding tert-OH is 1. The van der Waals surface area contributed by atoms with Crippen LogP contribution < -0.4 is 0 Å². The molecule has 0 aromatic carbocycles. The van der Waals surface area contributed by atoms with Crippen molar-refractivity contribution in [1.29, 1.82) is 0 Å². The Morgan fingerprint density at radius 2 is 2.22 bits per heavy atom. The summed E-state index contributed by atoms with van der Waals surface area (Å²) in [6.07, 6.45) is 5.10. The third-order valence-corrected chi connectivity index (χ3v) is 1.64. The van der Waals surface area contributed by atoms with Crippen molar-refractivity contribution in [2.24, 2.45) is 0 Å². The highest BCUT2D eigenvalue weighted by Crippen LogP contribution is 2.30. The lowest BCUT2D eigenvalue weighted by molar-refractivity contribution is 0.426. The molecule has 0 radical (unpaired) electrons. The Hall–Kier alpha value is -0.140. The molecule has 0 saturated heterocycles. The number of halogens is 2. The van der Waals surface area contributed by atoms with Crippen molar-refractivity contribution < 1.29 is 5.11 Å². The molecule has 0 bridgehead atoms. The fourth-order valence-corrected chi connectivity index (χ4v) is 0.864. The van der Waals surface area contributed by atoms with Crippen LogP contribution in [0.1, 0.15) is 6.42 Å². The van der Waals surface area contributed by atoms with Gasteiger partial charge in [-0.25, -0.2) is 0 Å². The highest BCUT2D eigenvalue weighted by atomic mass is 35.5. The predicted molar refractivity (Wildman–Crippen MR) is 38.9 cm³/mol. The van der Waals surface area contributed by atoms with Gasteiger partial charge in [0.1, 0.15) is 10.1 Å². The van der Waals surface area contributed by atoms with Gasteiger partial charge in [0.2, 0.25) is 0 Å². The molecule has 0 saturated carbocycles. The SMILES string of the molecule is OC1=CCC(Cl)(Cl)C=C1. The molecule has 0 atom stereocenters. The van der Waals surface area contributed by atoms with Gasteiger partial charge in [-0.3, -0.25) is 0 Å². The van der Waals surface area contributed by atoms with E-state index in [1.165, 1.54) is 6.08 Å². The molecule has 9 heavy (non-hydrogen) atoms. The Balaban J connectivity index is 2.70. The van der Waals surface area contributed by atoms with Gasteiger partial charge in [0.15, 0.2) is 0 Å². The second-order valence-corrected chi connectivity index (χ2v) is 3.47. The van der Waals surface area contributed by atoms with Crippen molar-refractivity contribution >= 4 is 23.2 Å². The third kappa shape index (κ3) is 1.92. The number of rotatable bonds is 0. The minimum atomic E-state index is -0.813. The molecule has 0 unspecified atom stereocenters. The van der Waals surface area contributed by atoms with Gasteiger partial charge in [-0.2, -0.15) is 0 Å². The van der Waals surface area contributed by atoms with Crippen LogP contribution in [0.3, 0.4) is 0 Å². The summed E-state index contributed by atoms with van der Waals surface area (Å²) in [6, 6.07) is 0. The molecular formula is C6H6Cl2O. The zero-order chi connectivity index (χ0) is 6.91. The minimum Gasteiger partial charge on any atom is -0.508 e. The predicted octanol–water partition coefficient (Wildman–Crippen LogP) is 2.56.